The van der Waals surface area contributed by atoms with Crippen LogP contribution >= 0.6 is 0 Å². The Morgan fingerprint density at radius 2 is 2.13 bits per heavy atom. The molecule has 120 valence electrons. The average molecular weight is 316 g/mol. The summed E-state index contributed by atoms with van der Waals surface area (Å²) in [6.45, 7) is 0.896. The lowest BCUT2D eigenvalue weighted by Gasteiger charge is -2.17. The van der Waals surface area contributed by atoms with E-state index in [1.165, 1.54) is 31.8 Å². The summed E-state index contributed by atoms with van der Waals surface area (Å²) in [4.78, 5) is 36.3. The molecule has 1 unspecified atom stereocenters. The molecule has 0 bridgehead atoms. The molecule has 1 saturated heterocycles. The molecular weight excluding hydrogens is 300 g/mol. The van der Waals surface area contributed by atoms with E-state index in [9.17, 15) is 9.59 Å². The summed E-state index contributed by atoms with van der Waals surface area (Å²) < 4.78 is 10.9. The Bertz CT molecular complexity index is 761. The molecule has 0 aliphatic carbocycles. The molecule has 2 aromatic heterocycles. The highest BCUT2D eigenvalue weighted by atomic mass is 16.5. The summed E-state index contributed by atoms with van der Waals surface area (Å²) in [6, 6.07) is 3.14. The second kappa shape index (κ2) is 6.47. The molecule has 1 amide bonds. The number of nitrogens with zero attached hydrogens (tertiary/aromatic N) is 3. The molecule has 23 heavy (non-hydrogen) atoms. The van der Waals surface area contributed by atoms with Crippen molar-refractivity contribution in [2.24, 2.45) is 0 Å². The van der Waals surface area contributed by atoms with Gasteiger partial charge in [0.05, 0.1) is 13.7 Å². The van der Waals surface area contributed by atoms with Gasteiger partial charge in [0.25, 0.3) is 23.2 Å². The van der Waals surface area contributed by atoms with Gasteiger partial charge in [-0.25, -0.2) is 9.97 Å². The third-order valence-corrected chi connectivity index (χ3v) is 3.59. The highest BCUT2D eigenvalue weighted by Crippen LogP contribution is 2.24. The zero-order valence-corrected chi connectivity index (χ0v) is 12.6. The first-order valence-corrected chi connectivity index (χ1v) is 7.17. The second-order valence-electron chi connectivity index (χ2n) is 5.06. The van der Waals surface area contributed by atoms with Crippen molar-refractivity contribution in [1.29, 1.82) is 0 Å². The summed E-state index contributed by atoms with van der Waals surface area (Å²) in [5.74, 6) is 0.299. The molecular formula is C15H16N4O4. The van der Waals surface area contributed by atoms with Crippen LogP contribution in [-0.4, -0.2) is 52.1 Å². The highest BCUT2D eigenvalue weighted by Gasteiger charge is 2.30. The summed E-state index contributed by atoms with van der Waals surface area (Å²) >= 11 is 0. The minimum atomic E-state index is -0.391. The van der Waals surface area contributed by atoms with Gasteiger partial charge in [-0.2, -0.15) is 0 Å². The molecule has 1 aliphatic rings. The lowest BCUT2D eigenvalue weighted by atomic mass is 10.2. The molecule has 0 aromatic carbocycles. The van der Waals surface area contributed by atoms with Gasteiger partial charge < -0.3 is 19.4 Å². The predicted octanol–water partition coefficient (Wildman–Crippen LogP) is 0.467. The summed E-state index contributed by atoms with van der Waals surface area (Å²) in [5, 5.41) is 0. The smallest absolute Gasteiger partial charge is 0.278 e. The number of carbonyl (C=O) groups is 1. The average Bonchev–Trinajstić information content (AvgIpc) is 3.04. The molecule has 3 heterocycles. The Morgan fingerprint density at radius 1 is 1.35 bits per heavy atom. The van der Waals surface area contributed by atoms with E-state index in [1.807, 2.05) is 0 Å². The number of carbonyl (C=O) groups excluding carboxylic acids is 1. The van der Waals surface area contributed by atoms with Crippen molar-refractivity contribution in [1.82, 2.24) is 19.9 Å². The van der Waals surface area contributed by atoms with Crippen molar-refractivity contribution < 1.29 is 14.3 Å². The fourth-order valence-electron chi connectivity index (χ4n) is 2.46. The van der Waals surface area contributed by atoms with E-state index in [-0.39, 0.29) is 17.6 Å². The van der Waals surface area contributed by atoms with Crippen LogP contribution in [0.3, 0.4) is 0 Å². The van der Waals surface area contributed by atoms with Crippen LogP contribution in [0.5, 0.6) is 11.8 Å². The third-order valence-electron chi connectivity index (χ3n) is 3.59. The van der Waals surface area contributed by atoms with Gasteiger partial charge in [0, 0.05) is 31.6 Å². The van der Waals surface area contributed by atoms with E-state index < -0.39 is 5.56 Å². The van der Waals surface area contributed by atoms with E-state index in [2.05, 4.69) is 15.0 Å². The van der Waals surface area contributed by atoms with Crippen molar-refractivity contribution in [2.45, 2.75) is 12.5 Å². The molecule has 0 spiro atoms. The van der Waals surface area contributed by atoms with E-state index in [1.54, 1.807) is 11.0 Å². The van der Waals surface area contributed by atoms with Gasteiger partial charge >= 0.3 is 0 Å². The van der Waals surface area contributed by atoms with Crippen LogP contribution in [0.2, 0.25) is 0 Å². The molecule has 1 aliphatic heterocycles. The van der Waals surface area contributed by atoms with Crippen molar-refractivity contribution in [3.05, 3.63) is 46.6 Å². The number of rotatable bonds is 4. The number of likely N-dealkylation sites (tertiary alicyclic amines) is 1. The van der Waals surface area contributed by atoms with Crippen LogP contribution < -0.4 is 15.0 Å². The number of pyridine rings is 1. The molecule has 0 radical (unpaired) electrons. The predicted molar refractivity (Wildman–Crippen MR) is 80.6 cm³/mol. The van der Waals surface area contributed by atoms with Gasteiger partial charge in [-0.3, -0.25) is 9.59 Å². The minimum absolute atomic E-state index is 0.130. The van der Waals surface area contributed by atoms with Gasteiger partial charge in [0.15, 0.2) is 0 Å². The maximum absolute atomic E-state index is 12.4. The van der Waals surface area contributed by atoms with Crippen molar-refractivity contribution >= 4 is 5.91 Å². The Labute approximate surface area is 132 Å². The van der Waals surface area contributed by atoms with Crippen molar-refractivity contribution in [3.63, 3.8) is 0 Å². The number of hydrogen-bond donors (Lipinski definition) is 1. The number of nitrogens with one attached hydrogen (secondary N) is 1. The molecule has 3 rings (SSSR count). The number of aromatic nitrogens is 3. The molecule has 1 N–H and O–H groups in total. The SMILES string of the molecule is COc1nccnc1OC1CCN(C(=O)c2ccc[nH]c2=O)C1. The number of aromatic amines is 1. The lowest BCUT2D eigenvalue weighted by Crippen LogP contribution is -2.34. The maximum atomic E-state index is 12.4. The van der Waals surface area contributed by atoms with E-state index >= 15 is 0 Å². The van der Waals surface area contributed by atoms with E-state index in [4.69, 9.17) is 9.47 Å². The monoisotopic (exact) mass is 316 g/mol. The van der Waals surface area contributed by atoms with Crippen LogP contribution in [0.25, 0.3) is 0 Å². The highest BCUT2D eigenvalue weighted by molar-refractivity contribution is 5.94. The van der Waals surface area contributed by atoms with Crippen LogP contribution in [0.4, 0.5) is 0 Å². The van der Waals surface area contributed by atoms with E-state index in [0.29, 0.717) is 31.3 Å². The first-order chi connectivity index (χ1) is 11.2. The molecule has 1 fully saturated rings. The maximum Gasteiger partial charge on any atom is 0.278 e. The standard InChI is InChI=1S/C15H16N4O4/c1-22-13-14(18-7-6-17-13)23-10-4-8-19(9-10)15(21)11-3-2-5-16-12(11)20/h2-3,5-7,10H,4,8-9H2,1H3,(H,16,20). The third kappa shape index (κ3) is 3.15. The largest absolute Gasteiger partial charge is 0.477 e. The second-order valence-corrected chi connectivity index (χ2v) is 5.06. The topological polar surface area (TPSA) is 97.4 Å². The van der Waals surface area contributed by atoms with Gasteiger partial charge in [-0.05, 0) is 12.1 Å². The van der Waals surface area contributed by atoms with Crippen LogP contribution in [0, 0.1) is 0 Å². The van der Waals surface area contributed by atoms with Crippen LogP contribution in [0.1, 0.15) is 16.8 Å². The summed E-state index contributed by atoms with van der Waals surface area (Å²) in [5.41, 5.74) is -0.261. The molecule has 8 nitrogen and oxygen atoms in total. The van der Waals surface area contributed by atoms with E-state index in [0.717, 1.165) is 0 Å². The zero-order valence-electron chi connectivity index (χ0n) is 12.6. The first kappa shape index (κ1) is 15.0. The van der Waals surface area contributed by atoms with Crippen LogP contribution in [0.15, 0.2) is 35.5 Å². The normalized spacial score (nSPS) is 17.1. The summed E-state index contributed by atoms with van der Waals surface area (Å²) in [7, 11) is 1.49. The molecule has 8 heteroatoms. The number of ether oxygens (including phenoxy) is 2. The molecule has 2 aromatic rings. The number of amides is 1. The van der Waals surface area contributed by atoms with Gasteiger partial charge in [-0.1, -0.05) is 0 Å². The number of methoxy groups -OCH3 is 1. The Kier molecular flexibility index (Phi) is 4.22. The van der Waals surface area contributed by atoms with Crippen molar-refractivity contribution in [2.75, 3.05) is 20.2 Å². The zero-order chi connectivity index (χ0) is 16.2. The first-order valence-electron chi connectivity index (χ1n) is 7.17. The Morgan fingerprint density at radius 3 is 2.87 bits per heavy atom. The summed E-state index contributed by atoms with van der Waals surface area (Å²) in [6.07, 6.45) is 4.95. The van der Waals surface area contributed by atoms with Gasteiger partial charge in [0.1, 0.15) is 11.7 Å². The molecule has 1 atom stereocenters. The number of hydrogen-bond acceptors (Lipinski definition) is 6. The molecule has 0 saturated carbocycles. The fourth-order valence-corrected chi connectivity index (χ4v) is 2.46. The number of H-pyrrole nitrogens is 1. The van der Waals surface area contributed by atoms with Crippen molar-refractivity contribution in [3.8, 4) is 11.8 Å². The fraction of sp³-hybridized carbons (Fsp3) is 0.333. The lowest BCUT2D eigenvalue weighted by molar-refractivity contribution is 0.0768. The van der Waals surface area contributed by atoms with Crippen LogP contribution in [-0.2, 0) is 0 Å². The quantitative estimate of drug-likeness (QED) is 0.880. The Balaban J connectivity index is 1.68. The minimum Gasteiger partial charge on any atom is -0.477 e. The van der Waals surface area contributed by atoms with Gasteiger partial charge in [0.2, 0.25) is 0 Å². The Hall–Kier alpha value is -2.90. The van der Waals surface area contributed by atoms with Gasteiger partial charge in [-0.15, -0.1) is 0 Å².